The second-order valence-electron chi connectivity index (χ2n) is 17.9. The number of benzene rings is 6. The molecule has 376 valence electrons. The number of alkyl carbamates (subject to hydrolysis) is 1. The summed E-state index contributed by atoms with van der Waals surface area (Å²) in [7, 11) is 3.21. The van der Waals surface area contributed by atoms with Gasteiger partial charge in [-0.15, -0.1) is 0 Å². The number of amides is 3. The van der Waals surface area contributed by atoms with Gasteiger partial charge < -0.3 is 39.4 Å². The van der Waals surface area contributed by atoms with Gasteiger partial charge in [0.25, 0.3) is 11.5 Å². The van der Waals surface area contributed by atoms with Crippen LogP contribution in [-0.2, 0) is 31.2 Å². The lowest BCUT2D eigenvalue weighted by atomic mass is 9.80. The summed E-state index contributed by atoms with van der Waals surface area (Å²) < 4.78 is 31.6. The summed E-state index contributed by atoms with van der Waals surface area (Å²) >= 11 is 0. The largest absolute Gasteiger partial charge is 0.497 e. The summed E-state index contributed by atoms with van der Waals surface area (Å²) in [5.41, 5.74) is 6.51. The van der Waals surface area contributed by atoms with Crippen LogP contribution in [0.4, 0.5) is 10.7 Å². The molecule has 10 rings (SSSR count). The van der Waals surface area contributed by atoms with E-state index in [1.54, 1.807) is 43.1 Å². The monoisotopic (exact) mass is 995 g/mol. The van der Waals surface area contributed by atoms with Crippen LogP contribution in [0.25, 0.3) is 22.3 Å². The predicted molar refractivity (Wildman–Crippen MR) is 275 cm³/mol. The van der Waals surface area contributed by atoms with Gasteiger partial charge >= 0.3 is 6.09 Å². The van der Waals surface area contributed by atoms with E-state index in [0.717, 1.165) is 44.5 Å². The minimum atomic E-state index is -1.16. The van der Waals surface area contributed by atoms with Gasteiger partial charge in [0, 0.05) is 37.4 Å². The summed E-state index contributed by atoms with van der Waals surface area (Å²) in [4.78, 5) is 63.4. The van der Waals surface area contributed by atoms with E-state index in [-0.39, 0.29) is 62.2 Å². The smallest absolute Gasteiger partial charge is 0.407 e. The molecule has 3 amide bonds. The minimum Gasteiger partial charge on any atom is -0.497 e. The lowest BCUT2D eigenvalue weighted by Crippen LogP contribution is -2.38. The first kappa shape index (κ1) is 49.0. The lowest BCUT2D eigenvalue weighted by molar-refractivity contribution is -0.116. The van der Waals surface area contributed by atoms with Crippen LogP contribution in [0.2, 0.25) is 0 Å². The predicted octanol–water partition coefficient (Wildman–Crippen LogP) is 7.59. The fourth-order valence-corrected chi connectivity index (χ4v) is 9.70. The Morgan fingerprint density at radius 2 is 1.36 bits per heavy atom. The Kier molecular flexibility index (Phi) is 14.3. The number of aliphatic hydroxyl groups excluding tert-OH is 1. The van der Waals surface area contributed by atoms with Crippen molar-refractivity contribution in [3.05, 3.63) is 207 Å². The van der Waals surface area contributed by atoms with Crippen LogP contribution in [0.1, 0.15) is 68.7 Å². The quantitative estimate of drug-likeness (QED) is 0.0526. The Morgan fingerprint density at radius 1 is 0.757 bits per heavy atom. The highest BCUT2D eigenvalue weighted by Crippen LogP contribution is 2.45. The molecule has 2 unspecified atom stereocenters. The van der Waals surface area contributed by atoms with Crippen LogP contribution in [0.15, 0.2) is 163 Å². The third kappa shape index (κ3) is 10.1. The molecule has 6 aromatic carbocycles. The summed E-state index contributed by atoms with van der Waals surface area (Å²) in [6.45, 7) is 0.335. The van der Waals surface area contributed by atoms with E-state index in [9.17, 15) is 24.3 Å². The van der Waals surface area contributed by atoms with Gasteiger partial charge in [0.2, 0.25) is 11.9 Å². The molecule has 1 aliphatic heterocycles. The zero-order valence-corrected chi connectivity index (χ0v) is 40.5. The number of aromatic nitrogens is 4. The number of carbonyl (C=O) groups excluding carboxylic acids is 3. The molecule has 17 heteroatoms. The molecular formula is C57H53N7O10. The molecule has 0 bridgehead atoms. The summed E-state index contributed by atoms with van der Waals surface area (Å²) in [6.07, 6.45) is -1.74. The number of nitrogens with one attached hydrogen (secondary N) is 4. The molecule has 1 aliphatic carbocycles. The number of hydrogen-bond acceptors (Lipinski definition) is 12. The number of aliphatic hydroxyl groups is 1. The van der Waals surface area contributed by atoms with Crippen molar-refractivity contribution in [3.63, 3.8) is 0 Å². The van der Waals surface area contributed by atoms with Gasteiger partial charge in [-0.05, 0) is 80.9 Å². The number of fused-ring (bicyclic) bond motifs is 4. The molecule has 8 aromatic rings. The van der Waals surface area contributed by atoms with Crippen molar-refractivity contribution in [2.45, 2.75) is 49.3 Å². The van der Waals surface area contributed by atoms with Gasteiger partial charge in [-0.2, -0.15) is 4.98 Å². The van der Waals surface area contributed by atoms with E-state index in [4.69, 9.17) is 23.7 Å². The maximum atomic E-state index is 13.2. The summed E-state index contributed by atoms with van der Waals surface area (Å²) in [5.74, 6) is 0.246. The Morgan fingerprint density at radius 3 is 2.00 bits per heavy atom. The summed E-state index contributed by atoms with van der Waals surface area (Å²) in [5, 5.41) is 19.6. The molecule has 74 heavy (non-hydrogen) atoms. The molecule has 0 saturated carbocycles. The van der Waals surface area contributed by atoms with Crippen molar-refractivity contribution in [1.82, 2.24) is 30.2 Å². The molecule has 2 aliphatic rings. The van der Waals surface area contributed by atoms with E-state index in [1.165, 1.54) is 6.33 Å². The SMILES string of the molecule is COc1ccc(C(OC[C@H]2OC(n3cnc4c(=O)[nH]c(NC(=O)CCNC(=O)c5ccc(CNC(=O)OCC6c7ccccc7-c7ccccc76)cc5)nc43)CC2O)(c2ccccc2)c2ccc(OC)cc2)cc1. The maximum absolute atomic E-state index is 13.2. The molecule has 5 N–H and O–H groups in total. The Hall–Kier alpha value is -8.64. The highest BCUT2D eigenvalue weighted by atomic mass is 16.6. The van der Waals surface area contributed by atoms with Crippen molar-refractivity contribution >= 4 is 35.0 Å². The van der Waals surface area contributed by atoms with Gasteiger partial charge in [0.05, 0.1) is 33.3 Å². The third-order valence-corrected chi connectivity index (χ3v) is 13.5. The fourth-order valence-electron chi connectivity index (χ4n) is 9.70. The van der Waals surface area contributed by atoms with Gasteiger partial charge in [-0.25, -0.2) is 9.78 Å². The first-order valence-corrected chi connectivity index (χ1v) is 24.2. The standard InChI is InChI=1S/C57H53N7O10/c1-70-40-24-20-38(21-25-40)57(37-10-4-3-5-11-37,39-22-26-41(71-2)27-23-39)73-33-48-47(65)30-50(74-48)64-34-60-51-52(64)62-55(63-54(51)68)61-49(66)28-29-58-53(67)36-18-16-35(17-19-36)31-59-56(69)72-32-46-44-14-8-6-12-42(44)43-13-7-9-15-45(43)46/h3-27,34,46-48,50,65H,28-33H2,1-2H3,(H,58,67)(H,59,69)(H2,61,62,63,66,68)/t47?,48-,50?/m1/s1. The number of aromatic amines is 1. The zero-order valence-electron chi connectivity index (χ0n) is 40.5. The molecule has 3 heterocycles. The highest BCUT2D eigenvalue weighted by molar-refractivity contribution is 5.95. The zero-order chi connectivity index (χ0) is 51.2. The second-order valence-corrected chi connectivity index (χ2v) is 17.9. The van der Waals surface area contributed by atoms with E-state index in [1.807, 2.05) is 103 Å². The van der Waals surface area contributed by atoms with Crippen molar-refractivity contribution in [3.8, 4) is 22.6 Å². The van der Waals surface area contributed by atoms with Crippen LogP contribution in [-0.4, -0.2) is 88.7 Å². The second kappa shape index (κ2) is 21.6. The van der Waals surface area contributed by atoms with Gasteiger partial charge in [-0.3, -0.25) is 29.3 Å². The topological polar surface area (TPSA) is 217 Å². The Bertz CT molecular complexity index is 3250. The molecule has 0 spiro atoms. The molecular weight excluding hydrogens is 943 g/mol. The number of rotatable bonds is 18. The maximum Gasteiger partial charge on any atom is 0.407 e. The first-order valence-electron chi connectivity index (χ1n) is 24.2. The number of anilines is 1. The molecule has 0 radical (unpaired) electrons. The van der Waals surface area contributed by atoms with Crippen molar-refractivity contribution in [2.75, 3.05) is 39.3 Å². The van der Waals surface area contributed by atoms with Gasteiger partial charge in [0.1, 0.15) is 36.0 Å². The number of imidazole rings is 1. The van der Waals surface area contributed by atoms with E-state index in [0.29, 0.717) is 17.1 Å². The van der Waals surface area contributed by atoms with Crippen molar-refractivity contribution < 1.29 is 43.2 Å². The number of methoxy groups -OCH3 is 2. The van der Waals surface area contributed by atoms with Gasteiger partial charge in [0.15, 0.2) is 11.2 Å². The molecule has 17 nitrogen and oxygen atoms in total. The molecule has 1 fully saturated rings. The first-order chi connectivity index (χ1) is 36.1. The lowest BCUT2D eigenvalue weighted by Gasteiger charge is -2.37. The van der Waals surface area contributed by atoms with Crippen molar-refractivity contribution in [1.29, 1.82) is 0 Å². The number of ether oxygens (including phenoxy) is 5. The Balaban J connectivity index is 0.732. The molecule has 3 atom stereocenters. The normalized spacial score (nSPS) is 16.0. The van der Waals surface area contributed by atoms with E-state index < -0.39 is 47.5 Å². The van der Waals surface area contributed by atoms with Crippen LogP contribution in [0.5, 0.6) is 11.5 Å². The average molecular weight is 996 g/mol. The van der Waals surface area contributed by atoms with Crippen LogP contribution < -0.4 is 31.0 Å². The van der Waals surface area contributed by atoms with E-state index >= 15 is 0 Å². The number of H-pyrrole nitrogens is 1. The van der Waals surface area contributed by atoms with E-state index in [2.05, 4.69) is 55.2 Å². The van der Waals surface area contributed by atoms with Crippen molar-refractivity contribution in [2.24, 2.45) is 0 Å². The van der Waals surface area contributed by atoms with Gasteiger partial charge in [-0.1, -0.05) is 115 Å². The number of nitrogens with zero attached hydrogens (tertiary/aromatic N) is 3. The van der Waals surface area contributed by atoms with Crippen LogP contribution >= 0.6 is 0 Å². The Labute approximate surface area is 425 Å². The highest BCUT2D eigenvalue weighted by Gasteiger charge is 2.42. The average Bonchev–Trinajstić information content (AvgIpc) is 4.14. The van der Waals surface area contributed by atoms with Crippen LogP contribution in [0.3, 0.4) is 0 Å². The number of hydrogen-bond donors (Lipinski definition) is 5. The summed E-state index contributed by atoms with van der Waals surface area (Å²) in [6, 6.07) is 48.0. The third-order valence-electron chi connectivity index (χ3n) is 13.5. The molecule has 2 aromatic heterocycles. The van der Waals surface area contributed by atoms with Crippen LogP contribution in [0, 0.1) is 0 Å². The minimum absolute atomic E-state index is 0.00851. The molecule has 1 saturated heterocycles. The fraction of sp³-hybridized carbons (Fsp3) is 0.228. The number of carbonyl (C=O) groups is 3.